The fourth-order valence-corrected chi connectivity index (χ4v) is 3.59. The van der Waals surface area contributed by atoms with Crippen LogP contribution in [0.2, 0.25) is 0 Å². The third kappa shape index (κ3) is 4.74. The predicted molar refractivity (Wildman–Crippen MR) is 117 cm³/mol. The van der Waals surface area contributed by atoms with Crippen molar-refractivity contribution >= 4 is 17.6 Å². The quantitative estimate of drug-likeness (QED) is 0.519. The smallest absolute Gasteiger partial charge is 0.344 e. The van der Waals surface area contributed by atoms with Crippen LogP contribution in [0.5, 0.6) is 5.75 Å². The Hall–Kier alpha value is -4.07. The number of methoxy groups -OCH3 is 1. The first kappa shape index (κ1) is 22.1. The number of hydrogen-bond acceptors (Lipinski definition) is 5. The lowest BCUT2D eigenvalue weighted by molar-refractivity contribution is -0.136. The summed E-state index contributed by atoms with van der Waals surface area (Å²) in [4.78, 5) is 25.2. The van der Waals surface area contributed by atoms with Crippen LogP contribution in [-0.4, -0.2) is 36.3 Å². The molecule has 0 radical (unpaired) electrons. The lowest BCUT2D eigenvalue weighted by Gasteiger charge is -2.22. The van der Waals surface area contributed by atoms with Crippen molar-refractivity contribution in [1.82, 2.24) is 5.01 Å². The molecular formula is C25H20F2N2O4. The van der Waals surface area contributed by atoms with Gasteiger partial charge >= 0.3 is 5.97 Å². The van der Waals surface area contributed by atoms with Crippen LogP contribution in [0.4, 0.5) is 8.78 Å². The van der Waals surface area contributed by atoms with Gasteiger partial charge in [0.05, 0.1) is 18.9 Å². The van der Waals surface area contributed by atoms with Gasteiger partial charge < -0.3 is 9.47 Å². The molecule has 0 bridgehead atoms. The SMILES string of the molecule is COc1ccc(C2CC(c3ccccc3)=NN2C(=O)COC(=O)c2c(F)cccc2F)cc1. The van der Waals surface area contributed by atoms with Gasteiger partial charge in [-0.25, -0.2) is 18.6 Å². The molecule has 0 spiro atoms. The topological polar surface area (TPSA) is 68.2 Å². The van der Waals surface area contributed by atoms with Crippen molar-refractivity contribution < 1.29 is 27.8 Å². The van der Waals surface area contributed by atoms with Gasteiger partial charge in [0, 0.05) is 6.42 Å². The molecule has 1 unspecified atom stereocenters. The molecule has 1 aliphatic rings. The van der Waals surface area contributed by atoms with Crippen LogP contribution in [-0.2, 0) is 9.53 Å². The maximum Gasteiger partial charge on any atom is 0.344 e. The standard InChI is InChI=1S/C25H20F2N2O4/c1-32-18-12-10-17(11-13-18)22-14-21(16-6-3-2-4-7-16)28-29(22)23(30)15-33-25(31)24-19(26)8-5-9-20(24)27/h2-13,22H,14-15H2,1H3. The lowest BCUT2D eigenvalue weighted by atomic mass is 9.98. The third-order valence-electron chi connectivity index (χ3n) is 5.27. The Kier molecular flexibility index (Phi) is 6.44. The first-order valence-electron chi connectivity index (χ1n) is 10.2. The zero-order valence-electron chi connectivity index (χ0n) is 17.7. The van der Waals surface area contributed by atoms with Crippen LogP contribution in [0.25, 0.3) is 0 Å². The van der Waals surface area contributed by atoms with Gasteiger partial charge in [-0.15, -0.1) is 0 Å². The van der Waals surface area contributed by atoms with Gasteiger partial charge in [0.1, 0.15) is 22.9 Å². The van der Waals surface area contributed by atoms with Crippen LogP contribution < -0.4 is 4.74 Å². The Morgan fingerprint density at radius 2 is 1.64 bits per heavy atom. The Bertz CT molecular complexity index is 1180. The zero-order valence-corrected chi connectivity index (χ0v) is 17.7. The number of hydrogen-bond donors (Lipinski definition) is 0. The maximum absolute atomic E-state index is 13.8. The molecule has 0 aromatic heterocycles. The van der Waals surface area contributed by atoms with Gasteiger partial charge in [-0.3, -0.25) is 4.79 Å². The number of halogens is 2. The molecule has 0 saturated heterocycles. The number of amides is 1. The van der Waals surface area contributed by atoms with Crippen molar-refractivity contribution in [2.45, 2.75) is 12.5 Å². The molecule has 33 heavy (non-hydrogen) atoms. The largest absolute Gasteiger partial charge is 0.497 e. The van der Waals surface area contributed by atoms with E-state index in [0.717, 1.165) is 29.3 Å². The first-order chi connectivity index (χ1) is 16.0. The summed E-state index contributed by atoms with van der Waals surface area (Å²) in [5.74, 6) is -3.33. The summed E-state index contributed by atoms with van der Waals surface area (Å²) in [7, 11) is 1.56. The van der Waals surface area contributed by atoms with E-state index in [0.29, 0.717) is 17.9 Å². The summed E-state index contributed by atoms with van der Waals surface area (Å²) >= 11 is 0. The van der Waals surface area contributed by atoms with Crippen molar-refractivity contribution in [1.29, 1.82) is 0 Å². The minimum Gasteiger partial charge on any atom is -0.497 e. The highest BCUT2D eigenvalue weighted by Gasteiger charge is 2.34. The molecule has 1 atom stereocenters. The van der Waals surface area contributed by atoms with Crippen molar-refractivity contribution in [3.63, 3.8) is 0 Å². The van der Waals surface area contributed by atoms with E-state index in [1.807, 2.05) is 42.5 Å². The number of benzene rings is 3. The van der Waals surface area contributed by atoms with E-state index in [-0.39, 0.29) is 0 Å². The van der Waals surface area contributed by atoms with E-state index in [1.165, 1.54) is 5.01 Å². The van der Waals surface area contributed by atoms with E-state index < -0.39 is 41.7 Å². The number of carbonyl (C=O) groups excluding carboxylic acids is 2. The monoisotopic (exact) mass is 450 g/mol. The molecular weight excluding hydrogens is 430 g/mol. The maximum atomic E-state index is 13.8. The van der Waals surface area contributed by atoms with Gasteiger partial charge in [-0.1, -0.05) is 48.5 Å². The molecule has 0 fully saturated rings. The number of nitrogens with zero attached hydrogens (tertiary/aromatic N) is 2. The van der Waals surface area contributed by atoms with Crippen LogP contribution >= 0.6 is 0 Å². The molecule has 4 rings (SSSR count). The number of carbonyl (C=O) groups is 2. The molecule has 1 aliphatic heterocycles. The molecule has 6 nitrogen and oxygen atoms in total. The third-order valence-corrected chi connectivity index (χ3v) is 5.27. The molecule has 1 heterocycles. The summed E-state index contributed by atoms with van der Waals surface area (Å²) in [6.07, 6.45) is 0.442. The summed E-state index contributed by atoms with van der Waals surface area (Å²) in [6.45, 7) is -0.717. The highest BCUT2D eigenvalue weighted by molar-refractivity contribution is 6.03. The van der Waals surface area contributed by atoms with E-state index in [4.69, 9.17) is 9.47 Å². The summed E-state index contributed by atoms with van der Waals surface area (Å²) in [5, 5.41) is 5.72. The molecule has 168 valence electrons. The Balaban J connectivity index is 1.56. The zero-order chi connectivity index (χ0) is 23.4. The molecule has 8 heteroatoms. The normalized spacial score (nSPS) is 15.2. The fraction of sp³-hybridized carbons (Fsp3) is 0.160. The molecule has 3 aromatic carbocycles. The number of ether oxygens (including phenoxy) is 2. The minimum atomic E-state index is -1.26. The lowest BCUT2D eigenvalue weighted by Crippen LogP contribution is -2.31. The Labute approximate surface area is 189 Å². The molecule has 3 aromatic rings. The predicted octanol–water partition coefficient (Wildman–Crippen LogP) is 4.51. The second-order valence-corrected chi connectivity index (χ2v) is 7.32. The summed E-state index contributed by atoms with van der Waals surface area (Å²) in [5.41, 5.74) is 1.52. The van der Waals surface area contributed by atoms with Gasteiger partial charge in [0.25, 0.3) is 5.91 Å². The molecule has 0 N–H and O–H groups in total. The van der Waals surface area contributed by atoms with Crippen LogP contribution in [0.1, 0.15) is 33.9 Å². The van der Waals surface area contributed by atoms with Crippen molar-refractivity contribution in [3.8, 4) is 5.75 Å². The van der Waals surface area contributed by atoms with Gasteiger partial charge in [0.2, 0.25) is 0 Å². The van der Waals surface area contributed by atoms with Gasteiger partial charge in [0.15, 0.2) is 6.61 Å². The Morgan fingerprint density at radius 3 is 2.27 bits per heavy atom. The van der Waals surface area contributed by atoms with Crippen molar-refractivity contribution in [2.24, 2.45) is 5.10 Å². The molecule has 0 saturated carbocycles. The van der Waals surface area contributed by atoms with Crippen molar-refractivity contribution in [2.75, 3.05) is 13.7 Å². The second kappa shape index (κ2) is 9.60. The minimum absolute atomic E-state index is 0.442. The average Bonchev–Trinajstić information content (AvgIpc) is 3.29. The first-order valence-corrected chi connectivity index (χ1v) is 10.2. The molecule has 0 aliphatic carbocycles. The summed E-state index contributed by atoms with van der Waals surface area (Å²) in [6, 6.07) is 19.2. The number of rotatable bonds is 6. The Morgan fingerprint density at radius 1 is 0.970 bits per heavy atom. The van der Waals surface area contributed by atoms with Gasteiger partial charge in [-0.05, 0) is 35.4 Å². The number of hydrazone groups is 1. The van der Waals surface area contributed by atoms with Crippen LogP contribution in [0.3, 0.4) is 0 Å². The molecule has 1 amide bonds. The second-order valence-electron chi connectivity index (χ2n) is 7.32. The summed E-state index contributed by atoms with van der Waals surface area (Å²) < 4.78 is 37.8. The highest BCUT2D eigenvalue weighted by atomic mass is 19.1. The van der Waals surface area contributed by atoms with Crippen molar-refractivity contribution in [3.05, 3.63) is 101 Å². The van der Waals surface area contributed by atoms with Crippen LogP contribution in [0, 0.1) is 11.6 Å². The fourth-order valence-electron chi connectivity index (χ4n) is 3.59. The van der Waals surface area contributed by atoms with E-state index in [9.17, 15) is 18.4 Å². The number of esters is 1. The van der Waals surface area contributed by atoms with E-state index in [1.54, 1.807) is 19.2 Å². The van der Waals surface area contributed by atoms with E-state index in [2.05, 4.69) is 5.10 Å². The highest BCUT2D eigenvalue weighted by Crippen LogP contribution is 2.33. The van der Waals surface area contributed by atoms with Gasteiger partial charge in [-0.2, -0.15) is 5.10 Å². The average molecular weight is 450 g/mol. The van der Waals surface area contributed by atoms with Crippen LogP contribution in [0.15, 0.2) is 77.9 Å². The van der Waals surface area contributed by atoms with E-state index >= 15 is 0 Å².